The second-order valence-electron chi connectivity index (χ2n) is 3.08. The normalized spacial score (nSPS) is 9.56. The second-order valence-corrected chi connectivity index (χ2v) is 3.34. The number of nitriles is 1. The average Bonchev–Trinajstić information content (AvgIpc) is 2.26. The maximum atomic E-state index is 11.5. The zero-order valence-corrected chi connectivity index (χ0v) is 9.11. The molecule has 1 aromatic carbocycles. The fourth-order valence-corrected chi connectivity index (χ4v) is 1.52. The van der Waals surface area contributed by atoms with E-state index in [1.165, 1.54) is 12.1 Å². The van der Waals surface area contributed by atoms with E-state index in [0.717, 1.165) is 0 Å². The quantitative estimate of drug-likeness (QED) is 0.350. The van der Waals surface area contributed by atoms with E-state index in [2.05, 4.69) is 0 Å². The highest BCUT2D eigenvalue weighted by Crippen LogP contribution is 2.25. The zero-order chi connectivity index (χ0) is 12.3. The van der Waals surface area contributed by atoms with Gasteiger partial charge in [0, 0.05) is 11.6 Å². The van der Waals surface area contributed by atoms with E-state index in [1.54, 1.807) is 13.0 Å². The molecular weight excluding hydrogens is 232 g/mol. The highest BCUT2D eigenvalue weighted by Gasteiger charge is 2.23. The van der Waals surface area contributed by atoms with E-state index in [1.807, 2.05) is 0 Å². The molecule has 82 valence electrons. The molecule has 0 N–H and O–H groups in total. The fourth-order valence-electron chi connectivity index (χ4n) is 1.39. The smallest absolute Gasteiger partial charge is 0.287 e. The average molecular weight is 239 g/mol. The first kappa shape index (κ1) is 12.1. The molecule has 0 fully saturated rings. The number of alkyl halides is 1. The molecule has 0 aliphatic carbocycles. The molecule has 0 saturated carbocycles. The van der Waals surface area contributed by atoms with Crippen LogP contribution in [0.15, 0.2) is 12.1 Å². The van der Waals surface area contributed by atoms with Crippen LogP contribution in [-0.2, 0) is 0 Å². The van der Waals surface area contributed by atoms with Crippen molar-refractivity contribution in [1.29, 1.82) is 5.26 Å². The number of nitro benzene ring substituents is 1. The topological polar surface area (TPSA) is 84.0 Å². The summed E-state index contributed by atoms with van der Waals surface area (Å²) in [6, 6.07) is 4.32. The van der Waals surface area contributed by atoms with Crippen LogP contribution in [0, 0.1) is 28.4 Å². The van der Waals surface area contributed by atoms with Crippen molar-refractivity contribution in [3.63, 3.8) is 0 Å². The van der Waals surface area contributed by atoms with Crippen LogP contribution in [0.5, 0.6) is 0 Å². The van der Waals surface area contributed by atoms with Crippen molar-refractivity contribution in [1.82, 2.24) is 0 Å². The lowest BCUT2D eigenvalue weighted by Gasteiger charge is -2.05. The van der Waals surface area contributed by atoms with Crippen LogP contribution in [0.25, 0.3) is 0 Å². The highest BCUT2D eigenvalue weighted by molar-refractivity contribution is 6.31. The number of hydrogen-bond donors (Lipinski definition) is 0. The maximum Gasteiger partial charge on any atom is 0.287 e. The molecule has 0 aliphatic rings. The highest BCUT2D eigenvalue weighted by atomic mass is 35.5. The lowest BCUT2D eigenvalue weighted by Crippen LogP contribution is -2.08. The summed E-state index contributed by atoms with van der Waals surface area (Å²) >= 11 is 5.39. The lowest BCUT2D eigenvalue weighted by atomic mass is 9.98. The third-order valence-corrected chi connectivity index (χ3v) is 2.34. The molecule has 0 unspecified atom stereocenters. The van der Waals surface area contributed by atoms with E-state index in [0.29, 0.717) is 5.56 Å². The van der Waals surface area contributed by atoms with Gasteiger partial charge in [-0.25, -0.2) is 0 Å². The van der Waals surface area contributed by atoms with Crippen molar-refractivity contribution in [2.45, 2.75) is 6.92 Å². The van der Waals surface area contributed by atoms with Gasteiger partial charge in [-0.3, -0.25) is 14.9 Å². The van der Waals surface area contributed by atoms with Gasteiger partial charge in [0.25, 0.3) is 5.69 Å². The molecule has 1 aromatic rings. The predicted molar refractivity (Wildman–Crippen MR) is 57.6 cm³/mol. The van der Waals surface area contributed by atoms with Crippen LogP contribution in [0.2, 0.25) is 0 Å². The summed E-state index contributed by atoms with van der Waals surface area (Å²) in [6.07, 6.45) is 0. The summed E-state index contributed by atoms with van der Waals surface area (Å²) in [4.78, 5) is 21.5. The van der Waals surface area contributed by atoms with Gasteiger partial charge >= 0.3 is 0 Å². The van der Waals surface area contributed by atoms with E-state index < -0.39 is 10.7 Å². The Bertz CT molecular complexity index is 506. The van der Waals surface area contributed by atoms with Gasteiger partial charge in [-0.2, -0.15) is 5.26 Å². The molecule has 0 atom stereocenters. The molecule has 5 nitrogen and oxygen atoms in total. The Morgan fingerprint density at radius 1 is 1.62 bits per heavy atom. The molecule has 0 aliphatic heterocycles. The molecule has 0 spiro atoms. The van der Waals surface area contributed by atoms with E-state index in [4.69, 9.17) is 16.9 Å². The fraction of sp³-hybridized carbons (Fsp3) is 0.200. The summed E-state index contributed by atoms with van der Waals surface area (Å²) in [6.45, 7) is 1.60. The van der Waals surface area contributed by atoms with Gasteiger partial charge in [0.15, 0.2) is 5.78 Å². The Morgan fingerprint density at radius 3 is 2.69 bits per heavy atom. The Hall–Kier alpha value is -1.93. The van der Waals surface area contributed by atoms with Gasteiger partial charge in [0.05, 0.1) is 10.8 Å². The van der Waals surface area contributed by atoms with E-state index in [9.17, 15) is 14.9 Å². The molecule has 6 heteroatoms. The Morgan fingerprint density at radius 2 is 2.25 bits per heavy atom. The zero-order valence-electron chi connectivity index (χ0n) is 8.36. The summed E-state index contributed by atoms with van der Waals surface area (Å²) in [5.41, 5.74) is -0.0586. The number of rotatable bonds is 3. The summed E-state index contributed by atoms with van der Waals surface area (Å²) in [7, 11) is 0. The van der Waals surface area contributed by atoms with Gasteiger partial charge in [-0.05, 0) is 12.5 Å². The summed E-state index contributed by atoms with van der Waals surface area (Å²) in [5, 5.41) is 19.5. The molecule has 1 rings (SSSR count). The summed E-state index contributed by atoms with van der Waals surface area (Å²) in [5.74, 6) is -0.795. The van der Waals surface area contributed by atoms with Gasteiger partial charge < -0.3 is 0 Å². The largest absolute Gasteiger partial charge is 0.293 e. The molecule has 0 radical (unpaired) electrons. The molecule has 0 amide bonds. The van der Waals surface area contributed by atoms with Crippen molar-refractivity contribution < 1.29 is 9.72 Å². The van der Waals surface area contributed by atoms with Gasteiger partial charge in [-0.1, -0.05) is 6.07 Å². The van der Waals surface area contributed by atoms with Crippen LogP contribution in [-0.4, -0.2) is 16.6 Å². The molecular formula is C10H7ClN2O3. The van der Waals surface area contributed by atoms with Crippen molar-refractivity contribution in [2.75, 3.05) is 5.88 Å². The minimum absolute atomic E-state index is 0.0340. The number of carbonyl (C=O) groups is 1. The van der Waals surface area contributed by atoms with Crippen molar-refractivity contribution in [3.05, 3.63) is 38.9 Å². The lowest BCUT2D eigenvalue weighted by molar-refractivity contribution is -0.385. The third-order valence-electron chi connectivity index (χ3n) is 2.10. The van der Waals surface area contributed by atoms with Gasteiger partial charge in [0.1, 0.15) is 11.6 Å². The standard InChI is InChI=1S/C10H7ClN2O3/c1-6-2-3-8(13(15)16)7(5-12)10(6)9(14)4-11/h2-3H,4H2,1H3. The monoisotopic (exact) mass is 238 g/mol. The maximum absolute atomic E-state index is 11.5. The van der Waals surface area contributed by atoms with E-state index >= 15 is 0 Å². The molecule has 0 heterocycles. The first-order chi connectivity index (χ1) is 7.52. The molecule has 0 saturated heterocycles. The Balaban J connectivity index is 3.58. The Kier molecular flexibility index (Phi) is 3.59. The van der Waals surface area contributed by atoms with Crippen LogP contribution in [0.1, 0.15) is 21.5 Å². The van der Waals surface area contributed by atoms with E-state index in [-0.39, 0.29) is 22.7 Å². The Labute approximate surface area is 96.4 Å². The number of nitrogens with zero attached hydrogens (tertiary/aromatic N) is 2. The van der Waals surface area contributed by atoms with Gasteiger partial charge in [-0.15, -0.1) is 11.6 Å². The SMILES string of the molecule is Cc1ccc([N+](=O)[O-])c(C#N)c1C(=O)CCl. The summed E-state index contributed by atoms with van der Waals surface area (Å²) < 4.78 is 0. The number of nitro groups is 1. The van der Waals surface area contributed by atoms with Crippen LogP contribution in [0.4, 0.5) is 5.69 Å². The number of carbonyl (C=O) groups excluding carboxylic acids is 1. The van der Waals surface area contributed by atoms with Crippen molar-refractivity contribution in [2.24, 2.45) is 0 Å². The number of benzene rings is 1. The number of halogens is 1. The van der Waals surface area contributed by atoms with Crippen molar-refractivity contribution in [3.8, 4) is 6.07 Å². The first-order valence-electron chi connectivity index (χ1n) is 4.30. The second kappa shape index (κ2) is 4.73. The minimum Gasteiger partial charge on any atom is -0.293 e. The molecule has 0 bridgehead atoms. The first-order valence-corrected chi connectivity index (χ1v) is 4.83. The minimum atomic E-state index is -0.691. The van der Waals surface area contributed by atoms with Gasteiger partial charge in [0.2, 0.25) is 0 Å². The van der Waals surface area contributed by atoms with Crippen LogP contribution in [0.3, 0.4) is 0 Å². The predicted octanol–water partition coefficient (Wildman–Crippen LogP) is 2.20. The number of aryl methyl sites for hydroxylation is 1. The van der Waals surface area contributed by atoms with Crippen LogP contribution < -0.4 is 0 Å². The number of hydrogen-bond acceptors (Lipinski definition) is 4. The molecule has 16 heavy (non-hydrogen) atoms. The van der Waals surface area contributed by atoms with Crippen LogP contribution >= 0.6 is 11.6 Å². The number of Topliss-reactive ketones (excluding diaryl/α,β-unsaturated/α-hetero) is 1. The van der Waals surface area contributed by atoms with Crippen molar-refractivity contribution >= 4 is 23.1 Å². The number of ketones is 1. The molecule has 0 aromatic heterocycles. The third kappa shape index (κ3) is 2.02.